The van der Waals surface area contributed by atoms with E-state index in [0.717, 1.165) is 50.2 Å². The molecule has 1 N–H and O–H groups in total. The van der Waals surface area contributed by atoms with Crippen LogP contribution >= 0.6 is 0 Å². The van der Waals surface area contributed by atoms with Gasteiger partial charge in [0.25, 0.3) is 5.91 Å². The normalized spacial score (nSPS) is 20.6. The zero-order chi connectivity index (χ0) is 32.6. The van der Waals surface area contributed by atoms with E-state index in [9.17, 15) is 9.59 Å². The molecule has 0 spiro atoms. The third-order valence-corrected chi connectivity index (χ3v) is 8.89. The molecule has 6 rings (SSSR count). The van der Waals surface area contributed by atoms with Crippen molar-refractivity contribution in [3.8, 4) is 0 Å². The Labute approximate surface area is 268 Å². The zero-order valence-electron chi connectivity index (χ0n) is 27.2. The van der Waals surface area contributed by atoms with Crippen molar-refractivity contribution in [1.82, 2.24) is 30.3 Å². The predicted octanol–water partition coefficient (Wildman–Crippen LogP) is 4.81. The standard InChI is InChI=1S/C33H43FN8O4/c1-6-42(23-11-13-40(14-12-23)31-38-28(39-46-31)21-8-9-21)29(43)22-16-35-30(36-17-22)41-18-25(24-15-20(2)7-10-26(24)34)27(19-41)37-32(44)45-33(3,4)5/h7,10,15-17,21,23,25,27H,6,8-9,11-14,18-19H2,1-5H3,(H,37,44). The average molecular weight is 635 g/mol. The van der Waals surface area contributed by atoms with Crippen molar-refractivity contribution in [2.45, 2.75) is 89.8 Å². The van der Waals surface area contributed by atoms with E-state index in [2.05, 4.69) is 30.3 Å². The molecule has 2 aliphatic heterocycles. The fourth-order valence-corrected chi connectivity index (χ4v) is 6.39. The van der Waals surface area contributed by atoms with Crippen LogP contribution in [0.5, 0.6) is 0 Å². The zero-order valence-corrected chi connectivity index (χ0v) is 27.2. The highest BCUT2D eigenvalue weighted by Gasteiger charge is 2.39. The summed E-state index contributed by atoms with van der Waals surface area (Å²) in [4.78, 5) is 45.9. The lowest BCUT2D eigenvalue weighted by molar-refractivity contribution is 0.0504. The molecular formula is C33H43FN8O4. The van der Waals surface area contributed by atoms with Crippen LogP contribution in [0.4, 0.5) is 21.1 Å². The van der Waals surface area contributed by atoms with Gasteiger partial charge in [-0.2, -0.15) is 4.98 Å². The number of piperidine rings is 1. The number of carbonyl (C=O) groups is 2. The largest absolute Gasteiger partial charge is 0.444 e. The van der Waals surface area contributed by atoms with Gasteiger partial charge in [-0.05, 0) is 71.9 Å². The molecule has 3 fully saturated rings. The van der Waals surface area contributed by atoms with Crippen LogP contribution in [-0.4, -0.2) is 87.4 Å². The Hall–Kier alpha value is -4.29. The molecule has 1 aromatic carbocycles. The van der Waals surface area contributed by atoms with Gasteiger partial charge in [-0.1, -0.05) is 22.9 Å². The van der Waals surface area contributed by atoms with Gasteiger partial charge in [0, 0.05) is 63.0 Å². The first-order valence-corrected chi connectivity index (χ1v) is 16.2. The second-order valence-electron chi connectivity index (χ2n) is 13.6. The number of amides is 2. The molecule has 3 aliphatic rings. The van der Waals surface area contributed by atoms with Crippen molar-refractivity contribution in [2.24, 2.45) is 0 Å². The third-order valence-electron chi connectivity index (χ3n) is 8.89. The Morgan fingerprint density at radius 2 is 1.80 bits per heavy atom. The number of alkyl carbamates (subject to hydrolysis) is 1. The molecule has 0 bridgehead atoms. The number of hydrogen-bond donors (Lipinski definition) is 1. The maximum atomic E-state index is 15.0. The lowest BCUT2D eigenvalue weighted by Gasteiger charge is -2.37. The summed E-state index contributed by atoms with van der Waals surface area (Å²) in [6, 6.07) is 5.19. The molecule has 13 heteroatoms. The first kappa shape index (κ1) is 31.7. The number of aromatic nitrogens is 4. The number of halogens is 1. The molecule has 4 heterocycles. The number of benzene rings is 1. The SMILES string of the molecule is CCN(C(=O)c1cnc(N2CC(NC(=O)OC(C)(C)C)C(c3cc(C)ccc3F)C2)nc1)C1CCN(c2nc(C3CC3)no2)CC1. The van der Waals surface area contributed by atoms with E-state index in [1.807, 2.05) is 29.7 Å². The van der Waals surface area contributed by atoms with E-state index < -0.39 is 17.7 Å². The summed E-state index contributed by atoms with van der Waals surface area (Å²) in [5.41, 5.74) is 1.17. The van der Waals surface area contributed by atoms with Crippen molar-refractivity contribution in [3.05, 3.63) is 58.9 Å². The predicted molar refractivity (Wildman–Crippen MR) is 169 cm³/mol. The van der Waals surface area contributed by atoms with Crippen LogP contribution in [0.1, 0.15) is 92.5 Å². The fourth-order valence-electron chi connectivity index (χ4n) is 6.39. The summed E-state index contributed by atoms with van der Waals surface area (Å²) in [5, 5.41) is 7.07. The highest BCUT2D eigenvalue weighted by Crippen LogP contribution is 2.39. The van der Waals surface area contributed by atoms with E-state index in [1.54, 1.807) is 39.2 Å². The van der Waals surface area contributed by atoms with E-state index in [1.165, 1.54) is 6.07 Å². The molecule has 3 aromatic rings. The minimum Gasteiger partial charge on any atom is -0.444 e. The number of carbonyl (C=O) groups excluding carboxylic acids is 2. The minimum absolute atomic E-state index is 0.0718. The van der Waals surface area contributed by atoms with Gasteiger partial charge in [0.15, 0.2) is 5.82 Å². The molecule has 46 heavy (non-hydrogen) atoms. The molecule has 2 aromatic heterocycles. The molecule has 0 radical (unpaired) electrons. The maximum absolute atomic E-state index is 15.0. The van der Waals surface area contributed by atoms with E-state index in [4.69, 9.17) is 9.26 Å². The number of anilines is 2. The Kier molecular flexibility index (Phi) is 8.84. The number of nitrogens with zero attached hydrogens (tertiary/aromatic N) is 7. The Balaban J connectivity index is 1.11. The van der Waals surface area contributed by atoms with Gasteiger partial charge >= 0.3 is 12.1 Å². The first-order valence-electron chi connectivity index (χ1n) is 16.2. The van der Waals surface area contributed by atoms with Gasteiger partial charge in [-0.25, -0.2) is 19.2 Å². The van der Waals surface area contributed by atoms with Gasteiger partial charge < -0.3 is 29.3 Å². The van der Waals surface area contributed by atoms with Crippen LogP contribution < -0.4 is 15.1 Å². The molecule has 1 aliphatic carbocycles. The second kappa shape index (κ2) is 12.8. The van der Waals surface area contributed by atoms with Gasteiger partial charge in [0.1, 0.15) is 11.4 Å². The second-order valence-corrected chi connectivity index (χ2v) is 13.6. The van der Waals surface area contributed by atoms with Gasteiger partial charge in [0.2, 0.25) is 5.95 Å². The number of hydrogen-bond acceptors (Lipinski definition) is 10. The number of nitrogens with one attached hydrogen (secondary N) is 1. The molecule has 1 saturated carbocycles. The monoisotopic (exact) mass is 634 g/mol. The van der Waals surface area contributed by atoms with Crippen LogP contribution in [0, 0.1) is 12.7 Å². The van der Waals surface area contributed by atoms with Crippen molar-refractivity contribution < 1.29 is 23.2 Å². The van der Waals surface area contributed by atoms with Gasteiger partial charge in [-0.15, -0.1) is 0 Å². The van der Waals surface area contributed by atoms with E-state index >= 15 is 4.39 Å². The summed E-state index contributed by atoms with van der Waals surface area (Å²) in [6.45, 7) is 12.0. The lowest BCUT2D eigenvalue weighted by atomic mass is 9.92. The molecule has 246 valence electrons. The highest BCUT2D eigenvalue weighted by molar-refractivity contribution is 5.94. The summed E-state index contributed by atoms with van der Waals surface area (Å²) in [5.74, 6) is 0.839. The summed E-state index contributed by atoms with van der Waals surface area (Å²) < 4.78 is 26.0. The van der Waals surface area contributed by atoms with E-state index in [-0.39, 0.29) is 23.7 Å². The number of rotatable bonds is 8. The lowest BCUT2D eigenvalue weighted by Crippen LogP contribution is -2.47. The third kappa shape index (κ3) is 7.07. The van der Waals surface area contributed by atoms with Crippen LogP contribution in [0.3, 0.4) is 0 Å². The maximum Gasteiger partial charge on any atom is 0.407 e. The summed E-state index contributed by atoms with van der Waals surface area (Å²) >= 11 is 0. The minimum atomic E-state index is -0.672. The van der Waals surface area contributed by atoms with Crippen molar-refractivity contribution in [3.63, 3.8) is 0 Å². The highest BCUT2D eigenvalue weighted by atomic mass is 19.1. The van der Waals surface area contributed by atoms with Gasteiger partial charge in [0.05, 0.1) is 11.6 Å². The molecule has 2 atom stereocenters. The molecule has 2 amide bonds. The smallest absolute Gasteiger partial charge is 0.407 e. The first-order chi connectivity index (χ1) is 22.0. The topological polar surface area (TPSA) is 130 Å². The molecule has 2 saturated heterocycles. The average Bonchev–Trinajstić information content (AvgIpc) is 3.61. The van der Waals surface area contributed by atoms with Crippen LogP contribution in [0.2, 0.25) is 0 Å². The van der Waals surface area contributed by atoms with Crippen LogP contribution in [0.25, 0.3) is 0 Å². The summed E-state index contributed by atoms with van der Waals surface area (Å²) in [6.07, 6.45) is 6.36. The van der Waals surface area contributed by atoms with Gasteiger partial charge in [-0.3, -0.25) is 4.79 Å². The Bertz CT molecular complexity index is 1550. The molecular weight excluding hydrogens is 591 g/mol. The number of aryl methyl sites for hydroxylation is 1. The molecule has 2 unspecified atom stereocenters. The Morgan fingerprint density at radius 3 is 2.46 bits per heavy atom. The van der Waals surface area contributed by atoms with Crippen molar-refractivity contribution in [1.29, 1.82) is 0 Å². The van der Waals surface area contributed by atoms with Crippen molar-refractivity contribution >= 4 is 24.0 Å². The van der Waals surface area contributed by atoms with Crippen molar-refractivity contribution in [2.75, 3.05) is 42.5 Å². The Morgan fingerprint density at radius 1 is 1.09 bits per heavy atom. The fraction of sp³-hybridized carbons (Fsp3) is 0.576. The van der Waals surface area contributed by atoms with Crippen LogP contribution in [0.15, 0.2) is 35.1 Å². The molecule has 12 nitrogen and oxygen atoms in total. The van der Waals surface area contributed by atoms with E-state index in [0.29, 0.717) is 48.6 Å². The quantitative estimate of drug-likeness (QED) is 0.368. The number of ether oxygens (including phenoxy) is 1. The summed E-state index contributed by atoms with van der Waals surface area (Å²) in [7, 11) is 0. The van der Waals surface area contributed by atoms with Crippen LogP contribution in [-0.2, 0) is 4.74 Å².